The Kier molecular flexibility index (Phi) is 3.04. The summed E-state index contributed by atoms with van der Waals surface area (Å²) in [6.07, 6.45) is 2.30. The van der Waals surface area contributed by atoms with Crippen molar-refractivity contribution in [3.8, 4) is 0 Å². The van der Waals surface area contributed by atoms with Gasteiger partial charge in [-0.05, 0) is 30.5 Å². The Labute approximate surface area is 112 Å². The number of carbonyl (C=O) groups is 1. The van der Waals surface area contributed by atoms with Gasteiger partial charge in [-0.25, -0.2) is 0 Å². The van der Waals surface area contributed by atoms with E-state index in [1.54, 1.807) is 0 Å². The molecule has 1 saturated carbocycles. The van der Waals surface area contributed by atoms with E-state index in [2.05, 4.69) is 22.8 Å². The van der Waals surface area contributed by atoms with Crippen molar-refractivity contribution in [2.75, 3.05) is 19.6 Å². The molecule has 3 rings (SSSR count). The van der Waals surface area contributed by atoms with E-state index >= 15 is 0 Å². The molecule has 1 heterocycles. The van der Waals surface area contributed by atoms with Crippen LogP contribution in [-0.2, 0) is 10.2 Å². The predicted molar refractivity (Wildman–Crippen MR) is 71.7 cm³/mol. The van der Waals surface area contributed by atoms with Crippen molar-refractivity contribution in [1.82, 2.24) is 10.6 Å². The third kappa shape index (κ3) is 2.25. The molecule has 2 aliphatic rings. The van der Waals surface area contributed by atoms with Crippen molar-refractivity contribution in [3.05, 3.63) is 34.9 Å². The van der Waals surface area contributed by atoms with Crippen LogP contribution in [0.4, 0.5) is 0 Å². The molecule has 0 spiro atoms. The lowest BCUT2D eigenvalue weighted by atomic mass is 9.95. The first kappa shape index (κ1) is 12.0. The first-order valence-corrected chi connectivity index (χ1v) is 6.82. The van der Waals surface area contributed by atoms with Crippen LogP contribution in [0.5, 0.6) is 0 Å². The molecule has 18 heavy (non-hydrogen) atoms. The number of amides is 1. The molecular formula is C14H17ClN2O. The van der Waals surface area contributed by atoms with E-state index in [1.807, 2.05) is 12.1 Å². The first-order chi connectivity index (χ1) is 8.70. The molecule has 2 N–H and O–H groups in total. The second-order valence-corrected chi connectivity index (χ2v) is 5.80. The van der Waals surface area contributed by atoms with Gasteiger partial charge in [0.1, 0.15) is 0 Å². The van der Waals surface area contributed by atoms with Crippen LogP contribution in [0, 0.1) is 5.92 Å². The maximum Gasteiger partial charge on any atom is 0.225 e. The zero-order chi connectivity index (χ0) is 12.6. The summed E-state index contributed by atoms with van der Waals surface area (Å²) < 4.78 is 0. The van der Waals surface area contributed by atoms with Gasteiger partial charge in [-0.2, -0.15) is 0 Å². The van der Waals surface area contributed by atoms with Crippen LogP contribution in [0.25, 0.3) is 0 Å². The summed E-state index contributed by atoms with van der Waals surface area (Å²) in [6.45, 7) is 2.39. The van der Waals surface area contributed by atoms with Gasteiger partial charge in [0.05, 0.1) is 5.92 Å². The molecule has 0 radical (unpaired) electrons. The lowest BCUT2D eigenvalue weighted by molar-refractivity contribution is -0.126. The van der Waals surface area contributed by atoms with Crippen molar-refractivity contribution in [3.63, 3.8) is 0 Å². The normalized spacial score (nSPS) is 21.2. The fourth-order valence-corrected chi connectivity index (χ4v) is 2.52. The van der Waals surface area contributed by atoms with Crippen LogP contribution < -0.4 is 10.6 Å². The van der Waals surface area contributed by atoms with Gasteiger partial charge in [-0.3, -0.25) is 4.79 Å². The highest BCUT2D eigenvalue weighted by molar-refractivity contribution is 6.30. The van der Waals surface area contributed by atoms with Gasteiger partial charge < -0.3 is 10.6 Å². The molecule has 1 saturated heterocycles. The molecule has 1 aliphatic carbocycles. The number of hydrogen-bond acceptors (Lipinski definition) is 2. The second kappa shape index (κ2) is 4.56. The van der Waals surface area contributed by atoms with E-state index in [-0.39, 0.29) is 17.2 Å². The second-order valence-electron chi connectivity index (χ2n) is 5.36. The molecule has 0 aromatic heterocycles. The van der Waals surface area contributed by atoms with E-state index in [1.165, 1.54) is 5.56 Å². The Morgan fingerprint density at radius 1 is 1.33 bits per heavy atom. The Hall–Kier alpha value is -1.06. The van der Waals surface area contributed by atoms with E-state index in [0.717, 1.165) is 37.5 Å². The minimum Gasteiger partial charge on any atom is -0.355 e. The van der Waals surface area contributed by atoms with Crippen LogP contribution in [-0.4, -0.2) is 25.5 Å². The number of halogens is 1. The Morgan fingerprint density at radius 3 is 2.50 bits per heavy atom. The molecule has 0 bridgehead atoms. The summed E-state index contributed by atoms with van der Waals surface area (Å²) in [6, 6.07) is 8.00. The number of rotatable bonds is 4. The molecule has 1 aliphatic heterocycles. The summed E-state index contributed by atoms with van der Waals surface area (Å²) in [5.74, 6) is 0.361. The molecular weight excluding hydrogens is 248 g/mol. The molecule has 1 aromatic rings. The lowest BCUT2D eigenvalue weighted by Gasteiger charge is -2.27. The van der Waals surface area contributed by atoms with Crippen molar-refractivity contribution < 1.29 is 4.79 Å². The Balaban J connectivity index is 1.61. The highest BCUT2D eigenvalue weighted by atomic mass is 35.5. The number of carbonyl (C=O) groups excluding carboxylic acids is 1. The van der Waals surface area contributed by atoms with Crippen LogP contribution in [0.3, 0.4) is 0 Å². The van der Waals surface area contributed by atoms with Gasteiger partial charge in [0, 0.05) is 30.1 Å². The maximum atomic E-state index is 11.8. The summed E-state index contributed by atoms with van der Waals surface area (Å²) in [4.78, 5) is 11.8. The molecule has 0 atom stereocenters. The monoisotopic (exact) mass is 264 g/mol. The summed E-state index contributed by atoms with van der Waals surface area (Å²) in [5.41, 5.74) is 1.45. The first-order valence-electron chi connectivity index (χ1n) is 6.44. The summed E-state index contributed by atoms with van der Waals surface area (Å²) in [7, 11) is 0. The zero-order valence-corrected chi connectivity index (χ0v) is 11.0. The number of benzene rings is 1. The van der Waals surface area contributed by atoms with Crippen molar-refractivity contribution >= 4 is 17.5 Å². The number of hydrogen-bond donors (Lipinski definition) is 2. The molecule has 0 unspecified atom stereocenters. The van der Waals surface area contributed by atoms with Gasteiger partial charge in [0.2, 0.25) is 5.91 Å². The molecule has 4 heteroatoms. The molecule has 1 aromatic carbocycles. The van der Waals surface area contributed by atoms with Gasteiger partial charge in [0.25, 0.3) is 0 Å². The van der Waals surface area contributed by atoms with E-state index in [9.17, 15) is 4.79 Å². The SMILES string of the molecule is O=C(NCC1(c2ccc(Cl)cc2)CC1)C1CNC1. The van der Waals surface area contributed by atoms with Gasteiger partial charge >= 0.3 is 0 Å². The van der Waals surface area contributed by atoms with Crippen molar-refractivity contribution in [2.45, 2.75) is 18.3 Å². The minimum absolute atomic E-state index is 0.164. The largest absolute Gasteiger partial charge is 0.355 e. The molecule has 2 fully saturated rings. The molecule has 96 valence electrons. The smallest absolute Gasteiger partial charge is 0.225 e. The standard InChI is InChI=1S/C14H17ClN2O/c15-12-3-1-11(2-4-12)14(5-6-14)9-17-13(18)10-7-16-8-10/h1-4,10,16H,5-9H2,(H,17,18). The van der Waals surface area contributed by atoms with Crippen LogP contribution in [0.15, 0.2) is 24.3 Å². The van der Waals surface area contributed by atoms with Crippen molar-refractivity contribution in [2.24, 2.45) is 5.92 Å². The van der Waals surface area contributed by atoms with Crippen molar-refractivity contribution in [1.29, 1.82) is 0 Å². The topological polar surface area (TPSA) is 41.1 Å². The average molecular weight is 265 g/mol. The van der Waals surface area contributed by atoms with E-state index < -0.39 is 0 Å². The maximum absolute atomic E-state index is 11.8. The fraction of sp³-hybridized carbons (Fsp3) is 0.500. The van der Waals surface area contributed by atoms with Gasteiger partial charge in [-0.1, -0.05) is 23.7 Å². The predicted octanol–water partition coefficient (Wildman–Crippen LogP) is 1.71. The average Bonchev–Trinajstić information content (AvgIpc) is 3.06. The summed E-state index contributed by atoms with van der Waals surface area (Å²) >= 11 is 5.90. The summed E-state index contributed by atoms with van der Waals surface area (Å²) in [5, 5.41) is 6.97. The van der Waals surface area contributed by atoms with E-state index in [4.69, 9.17) is 11.6 Å². The molecule has 3 nitrogen and oxygen atoms in total. The Morgan fingerprint density at radius 2 is 2.00 bits per heavy atom. The third-order valence-electron chi connectivity index (χ3n) is 4.06. The quantitative estimate of drug-likeness (QED) is 0.869. The lowest BCUT2D eigenvalue weighted by Crippen LogP contribution is -2.51. The number of nitrogens with one attached hydrogen (secondary N) is 2. The zero-order valence-electron chi connectivity index (χ0n) is 10.2. The highest BCUT2D eigenvalue weighted by Gasteiger charge is 2.44. The highest BCUT2D eigenvalue weighted by Crippen LogP contribution is 2.47. The van der Waals surface area contributed by atoms with Crippen LogP contribution in [0.2, 0.25) is 5.02 Å². The third-order valence-corrected chi connectivity index (χ3v) is 4.32. The molecule has 1 amide bonds. The van der Waals surface area contributed by atoms with E-state index in [0.29, 0.717) is 0 Å². The fourth-order valence-electron chi connectivity index (χ4n) is 2.40. The Bertz CT molecular complexity index is 449. The van der Waals surface area contributed by atoms with Crippen LogP contribution in [0.1, 0.15) is 18.4 Å². The minimum atomic E-state index is 0.164. The van der Waals surface area contributed by atoms with Crippen LogP contribution >= 0.6 is 11.6 Å². The van der Waals surface area contributed by atoms with Gasteiger partial charge in [-0.15, -0.1) is 0 Å². The van der Waals surface area contributed by atoms with Gasteiger partial charge in [0.15, 0.2) is 0 Å².